The molecule has 2 aromatic heterocycles. The fourth-order valence-electron chi connectivity index (χ4n) is 4.37. The van der Waals surface area contributed by atoms with Crippen LogP contribution in [0.2, 0.25) is 0 Å². The van der Waals surface area contributed by atoms with Crippen molar-refractivity contribution in [2.45, 2.75) is 18.4 Å². The molecule has 3 aromatic rings. The number of nitrogens with one attached hydrogen (secondary N) is 1. The molecule has 2 aliphatic heterocycles. The van der Waals surface area contributed by atoms with Crippen molar-refractivity contribution in [2.75, 3.05) is 62.8 Å². The molecule has 2 saturated heterocycles. The molecule has 4 heterocycles. The Hall–Kier alpha value is -2.99. The van der Waals surface area contributed by atoms with Crippen molar-refractivity contribution in [3.8, 4) is 0 Å². The molecule has 0 aliphatic carbocycles. The predicted molar refractivity (Wildman–Crippen MR) is 133 cm³/mol. The highest BCUT2D eigenvalue weighted by molar-refractivity contribution is 7.89. The number of fused-ring (bicyclic) bond motifs is 1. The van der Waals surface area contributed by atoms with E-state index in [-0.39, 0.29) is 17.0 Å². The van der Waals surface area contributed by atoms with Gasteiger partial charge in [-0.15, -0.1) is 0 Å². The lowest BCUT2D eigenvalue weighted by Gasteiger charge is -2.31. The zero-order valence-corrected chi connectivity index (χ0v) is 20.5. The SMILES string of the molecule is Cc1ccc2nc(CNc3cc(S(=O)(=O)N4CCOCC4)ccc3N3CCOCC3)cc(=O)n2c1. The molecule has 0 saturated carbocycles. The van der Waals surface area contributed by atoms with Crippen LogP contribution in [0, 0.1) is 6.92 Å². The maximum absolute atomic E-state index is 13.3. The number of aryl methyl sites for hydroxylation is 1. The van der Waals surface area contributed by atoms with E-state index in [0.717, 1.165) is 11.3 Å². The summed E-state index contributed by atoms with van der Waals surface area (Å²) in [5, 5.41) is 3.34. The third kappa shape index (κ3) is 5.03. The van der Waals surface area contributed by atoms with Crippen LogP contribution in [0.1, 0.15) is 11.3 Å². The molecule has 2 aliphatic rings. The summed E-state index contributed by atoms with van der Waals surface area (Å²) in [6.45, 7) is 6.27. The molecular weight excluding hydrogens is 470 g/mol. The van der Waals surface area contributed by atoms with Gasteiger partial charge in [-0.1, -0.05) is 6.07 Å². The number of ether oxygens (including phenoxy) is 2. The zero-order chi connectivity index (χ0) is 24.4. The molecule has 186 valence electrons. The Labute approximate surface area is 204 Å². The van der Waals surface area contributed by atoms with Crippen molar-refractivity contribution < 1.29 is 17.9 Å². The maximum Gasteiger partial charge on any atom is 0.258 e. The van der Waals surface area contributed by atoms with E-state index in [0.29, 0.717) is 69.6 Å². The first kappa shape index (κ1) is 23.7. The van der Waals surface area contributed by atoms with Crippen molar-refractivity contribution in [3.63, 3.8) is 0 Å². The number of aromatic nitrogens is 2. The van der Waals surface area contributed by atoms with Gasteiger partial charge in [-0.25, -0.2) is 13.4 Å². The number of sulfonamides is 1. The minimum atomic E-state index is -3.65. The average Bonchev–Trinajstić information content (AvgIpc) is 2.89. The molecule has 0 atom stereocenters. The minimum absolute atomic E-state index is 0.160. The second-order valence-electron chi connectivity index (χ2n) is 8.67. The zero-order valence-electron chi connectivity index (χ0n) is 19.6. The first-order chi connectivity index (χ1) is 16.9. The van der Waals surface area contributed by atoms with Gasteiger partial charge in [0.2, 0.25) is 10.0 Å². The first-order valence-corrected chi connectivity index (χ1v) is 13.1. The van der Waals surface area contributed by atoms with Crippen molar-refractivity contribution in [1.82, 2.24) is 13.7 Å². The largest absolute Gasteiger partial charge is 0.379 e. The van der Waals surface area contributed by atoms with Gasteiger partial charge in [-0.3, -0.25) is 9.20 Å². The summed E-state index contributed by atoms with van der Waals surface area (Å²) >= 11 is 0. The molecule has 0 bridgehead atoms. The Morgan fingerprint density at radius 1 is 0.971 bits per heavy atom. The van der Waals surface area contributed by atoms with Gasteiger partial charge in [0.15, 0.2) is 0 Å². The highest BCUT2D eigenvalue weighted by atomic mass is 32.2. The van der Waals surface area contributed by atoms with E-state index in [2.05, 4.69) is 15.2 Å². The van der Waals surface area contributed by atoms with Crippen molar-refractivity contribution in [3.05, 3.63) is 64.2 Å². The molecule has 1 N–H and O–H groups in total. The van der Waals surface area contributed by atoms with Crippen LogP contribution in [-0.2, 0) is 26.0 Å². The molecular formula is C24H29N5O5S. The molecule has 0 spiro atoms. The van der Waals surface area contributed by atoms with Gasteiger partial charge in [0.1, 0.15) is 5.65 Å². The monoisotopic (exact) mass is 499 g/mol. The van der Waals surface area contributed by atoms with Gasteiger partial charge in [-0.05, 0) is 36.8 Å². The van der Waals surface area contributed by atoms with Crippen LogP contribution in [0.4, 0.5) is 11.4 Å². The number of nitrogens with zero attached hydrogens (tertiary/aromatic N) is 4. The van der Waals surface area contributed by atoms with E-state index in [4.69, 9.17) is 9.47 Å². The van der Waals surface area contributed by atoms with Crippen molar-refractivity contribution >= 4 is 27.0 Å². The fraction of sp³-hybridized carbons (Fsp3) is 0.417. The van der Waals surface area contributed by atoms with Crippen LogP contribution in [0.5, 0.6) is 0 Å². The predicted octanol–water partition coefficient (Wildman–Crippen LogP) is 1.47. The lowest BCUT2D eigenvalue weighted by atomic mass is 10.2. The summed E-state index contributed by atoms with van der Waals surface area (Å²) in [5.74, 6) is 0. The van der Waals surface area contributed by atoms with Crippen LogP contribution in [-0.4, -0.2) is 74.7 Å². The van der Waals surface area contributed by atoms with E-state index < -0.39 is 10.0 Å². The van der Waals surface area contributed by atoms with E-state index in [1.807, 2.05) is 25.1 Å². The summed E-state index contributed by atoms with van der Waals surface area (Å²) in [5.41, 5.74) is 3.52. The van der Waals surface area contributed by atoms with Crippen LogP contribution in [0.15, 0.2) is 52.3 Å². The molecule has 0 radical (unpaired) electrons. The normalized spacial score (nSPS) is 17.6. The Balaban J connectivity index is 1.47. The van der Waals surface area contributed by atoms with Gasteiger partial charge < -0.3 is 19.7 Å². The van der Waals surface area contributed by atoms with Gasteiger partial charge >= 0.3 is 0 Å². The van der Waals surface area contributed by atoms with E-state index in [1.54, 1.807) is 18.3 Å². The Morgan fingerprint density at radius 3 is 2.43 bits per heavy atom. The summed E-state index contributed by atoms with van der Waals surface area (Å²) in [4.78, 5) is 19.6. The topological polar surface area (TPSA) is 105 Å². The molecule has 5 rings (SSSR count). The van der Waals surface area contributed by atoms with Crippen molar-refractivity contribution in [1.29, 1.82) is 0 Å². The number of morpholine rings is 2. The number of pyridine rings is 1. The lowest BCUT2D eigenvalue weighted by molar-refractivity contribution is 0.0730. The summed E-state index contributed by atoms with van der Waals surface area (Å²) in [6.07, 6.45) is 1.76. The minimum Gasteiger partial charge on any atom is -0.379 e. The summed E-state index contributed by atoms with van der Waals surface area (Å²) in [6, 6.07) is 10.4. The highest BCUT2D eigenvalue weighted by Crippen LogP contribution is 2.31. The summed E-state index contributed by atoms with van der Waals surface area (Å²) in [7, 11) is -3.65. The Kier molecular flexibility index (Phi) is 6.74. The van der Waals surface area contributed by atoms with E-state index in [9.17, 15) is 13.2 Å². The van der Waals surface area contributed by atoms with Crippen LogP contribution < -0.4 is 15.8 Å². The van der Waals surface area contributed by atoms with E-state index >= 15 is 0 Å². The smallest absolute Gasteiger partial charge is 0.258 e. The van der Waals surface area contributed by atoms with Gasteiger partial charge in [-0.2, -0.15) is 4.31 Å². The number of benzene rings is 1. The molecule has 0 unspecified atom stereocenters. The molecule has 10 nitrogen and oxygen atoms in total. The lowest BCUT2D eigenvalue weighted by Crippen LogP contribution is -2.40. The standard InChI is InChI=1S/C24H29N5O5S/c1-18-2-5-23-26-19(14-24(30)29(23)17-18)16-25-21-15-20(35(31,32)28-8-12-34-13-9-28)3-4-22(21)27-6-10-33-11-7-27/h2-5,14-15,17,25H,6-13,16H2,1H3. The van der Waals surface area contributed by atoms with Gasteiger partial charge in [0.05, 0.1) is 54.9 Å². The quantitative estimate of drug-likeness (QED) is 0.544. The molecule has 35 heavy (non-hydrogen) atoms. The molecule has 1 aromatic carbocycles. The number of anilines is 2. The van der Waals surface area contributed by atoms with E-state index in [1.165, 1.54) is 14.8 Å². The summed E-state index contributed by atoms with van der Waals surface area (Å²) < 4.78 is 40.3. The maximum atomic E-state index is 13.3. The van der Waals surface area contributed by atoms with Gasteiger partial charge in [0, 0.05) is 38.4 Å². The fourth-order valence-corrected chi connectivity index (χ4v) is 5.80. The van der Waals surface area contributed by atoms with Crippen LogP contribution in [0.25, 0.3) is 5.65 Å². The number of hydrogen-bond donors (Lipinski definition) is 1. The Morgan fingerprint density at radius 2 is 1.69 bits per heavy atom. The second-order valence-corrected chi connectivity index (χ2v) is 10.6. The third-order valence-corrected chi connectivity index (χ3v) is 8.14. The van der Waals surface area contributed by atoms with Crippen LogP contribution in [0.3, 0.4) is 0 Å². The Bertz CT molecular complexity index is 1380. The highest BCUT2D eigenvalue weighted by Gasteiger charge is 2.27. The number of rotatable bonds is 6. The van der Waals surface area contributed by atoms with Crippen molar-refractivity contribution in [2.24, 2.45) is 0 Å². The number of hydrogen-bond acceptors (Lipinski definition) is 8. The first-order valence-electron chi connectivity index (χ1n) is 11.7. The van der Waals surface area contributed by atoms with Gasteiger partial charge in [0.25, 0.3) is 5.56 Å². The third-order valence-electron chi connectivity index (χ3n) is 6.25. The molecule has 11 heteroatoms. The molecule has 2 fully saturated rings. The average molecular weight is 500 g/mol. The van der Waals surface area contributed by atoms with Crippen LogP contribution >= 0.6 is 0 Å². The molecule has 0 amide bonds. The second kappa shape index (κ2) is 9.94.